The number of guanidine groups is 1. The van der Waals surface area contributed by atoms with Crippen molar-refractivity contribution in [2.75, 3.05) is 40.0 Å². The highest BCUT2D eigenvalue weighted by Crippen LogP contribution is 2.33. The molecule has 0 bridgehead atoms. The monoisotopic (exact) mass is 355 g/mol. The van der Waals surface area contributed by atoms with Gasteiger partial charge in [0.1, 0.15) is 0 Å². The molecule has 6 heteroatoms. The zero-order valence-corrected chi connectivity index (χ0v) is 16.6. The van der Waals surface area contributed by atoms with E-state index in [4.69, 9.17) is 14.2 Å². The maximum atomic E-state index is 6.07. The van der Waals surface area contributed by atoms with E-state index in [0.29, 0.717) is 12.5 Å². The van der Waals surface area contributed by atoms with Crippen molar-refractivity contribution in [3.8, 4) is 0 Å². The summed E-state index contributed by atoms with van der Waals surface area (Å²) in [5.74, 6) is 1.34. The number of nitrogens with zero attached hydrogens (tertiary/aromatic N) is 1. The van der Waals surface area contributed by atoms with Crippen molar-refractivity contribution in [3.63, 3.8) is 0 Å². The molecule has 0 aromatic rings. The minimum absolute atomic E-state index is 0.161. The van der Waals surface area contributed by atoms with Crippen molar-refractivity contribution >= 4 is 5.96 Å². The Labute approximate surface area is 153 Å². The summed E-state index contributed by atoms with van der Waals surface area (Å²) in [5, 5.41) is 6.89. The highest BCUT2D eigenvalue weighted by Gasteiger charge is 2.35. The van der Waals surface area contributed by atoms with E-state index in [1.165, 1.54) is 6.42 Å². The van der Waals surface area contributed by atoms with E-state index in [9.17, 15) is 0 Å². The Morgan fingerprint density at radius 2 is 2.08 bits per heavy atom. The molecule has 2 aliphatic rings. The van der Waals surface area contributed by atoms with Crippen molar-refractivity contribution in [3.05, 3.63) is 0 Å². The molecule has 4 atom stereocenters. The SMILES string of the molecule is CN=C(NCC1CCCOC1C(C)(C)C)NC(C)COC1CCOC1. The Balaban J connectivity index is 1.74. The second kappa shape index (κ2) is 9.74. The van der Waals surface area contributed by atoms with E-state index in [2.05, 4.69) is 43.3 Å². The molecule has 4 unspecified atom stereocenters. The molecule has 0 aromatic heterocycles. The summed E-state index contributed by atoms with van der Waals surface area (Å²) < 4.78 is 17.3. The quantitative estimate of drug-likeness (QED) is 0.565. The third kappa shape index (κ3) is 6.76. The highest BCUT2D eigenvalue weighted by molar-refractivity contribution is 5.79. The average molecular weight is 356 g/mol. The molecule has 0 spiro atoms. The molecule has 146 valence electrons. The first-order valence-electron chi connectivity index (χ1n) is 9.68. The van der Waals surface area contributed by atoms with Crippen molar-refractivity contribution in [2.24, 2.45) is 16.3 Å². The van der Waals surface area contributed by atoms with Crippen LogP contribution in [0.3, 0.4) is 0 Å². The van der Waals surface area contributed by atoms with E-state index in [1.807, 2.05) is 7.05 Å². The van der Waals surface area contributed by atoms with Gasteiger partial charge in [-0.05, 0) is 31.6 Å². The van der Waals surface area contributed by atoms with Crippen LogP contribution >= 0.6 is 0 Å². The lowest BCUT2D eigenvalue weighted by molar-refractivity contribution is -0.0835. The van der Waals surface area contributed by atoms with Gasteiger partial charge in [0, 0.05) is 38.8 Å². The first kappa shape index (κ1) is 20.5. The minimum atomic E-state index is 0.161. The van der Waals surface area contributed by atoms with Gasteiger partial charge < -0.3 is 24.8 Å². The first-order chi connectivity index (χ1) is 11.9. The molecule has 2 N–H and O–H groups in total. The van der Waals surface area contributed by atoms with Crippen molar-refractivity contribution in [1.82, 2.24) is 10.6 Å². The standard InChI is InChI=1S/C19H37N3O3/c1-14(12-25-16-8-10-23-13-16)22-18(20-5)21-11-15-7-6-9-24-17(15)19(2,3)4/h14-17H,6-13H2,1-5H3,(H2,20,21,22). The Bertz CT molecular complexity index is 417. The fourth-order valence-corrected chi connectivity index (χ4v) is 3.63. The summed E-state index contributed by atoms with van der Waals surface area (Å²) >= 11 is 0. The molecule has 0 amide bonds. The molecule has 2 rings (SSSR count). The minimum Gasteiger partial charge on any atom is -0.379 e. The Kier molecular flexibility index (Phi) is 7.97. The van der Waals surface area contributed by atoms with Gasteiger partial charge in [0.15, 0.2) is 5.96 Å². The van der Waals surface area contributed by atoms with E-state index >= 15 is 0 Å². The number of nitrogens with one attached hydrogen (secondary N) is 2. The molecular weight excluding hydrogens is 318 g/mol. The zero-order valence-electron chi connectivity index (χ0n) is 16.6. The van der Waals surface area contributed by atoms with Crippen LogP contribution < -0.4 is 10.6 Å². The Hall–Kier alpha value is -0.850. The van der Waals surface area contributed by atoms with Gasteiger partial charge in [-0.3, -0.25) is 4.99 Å². The van der Waals surface area contributed by atoms with E-state index in [0.717, 1.165) is 45.2 Å². The van der Waals surface area contributed by atoms with Crippen LogP contribution in [-0.2, 0) is 14.2 Å². The fraction of sp³-hybridized carbons (Fsp3) is 0.947. The van der Waals surface area contributed by atoms with Crippen LogP contribution in [0, 0.1) is 11.3 Å². The molecule has 25 heavy (non-hydrogen) atoms. The van der Waals surface area contributed by atoms with Crippen LogP contribution in [-0.4, -0.2) is 64.2 Å². The predicted octanol–water partition coefficient (Wildman–Crippen LogP) is 2.19. The third-order valence-electron chi connectivity index (χ3n) is 4.91. The van der Waals surface area contributed by atoms with Gasteiger partial charge in [0.25, 0.3) is 0 Å². The Morgan fingerprint density at radius 1 is 1.28 bits per heavy atom. The summed E-state index contributed by atoms with van der Waals surface area (Å²) in [6, 6.07) is 0.202. The number of rotatable bonds is 6. The summed E-state index contributed by atoms with van der Waals surface area (Å²) in [6.07, 6.45) is 3.86. The topological polar surface area (TPSA) is 64.1 Å². The van der Waals surface area contributed by atoms with E-state index < -0.39 is 0 Å². The van der Waals surface area contributed by atoms with Crippen molar-refractivity contribution in [1.29, 1.82) is 0 Å². The van der Waals surface area contributed by atoms with Crippen LogP contribution in [0.5, 0.6) is 0 Å². The lowest BCUT2D eigenvalue weighted by Gasteiger charge is -2.40. The van der Waals surface area contributed by atoms with Gasteiger partial charge in [-0.2, -0.15) is 0 Å². The number of aliphatic imine (C=N–C) groups is 1. The second-order valence-electron chi connectivity index (χ2n) is 8.38. The number of hydrogen-bond acceptors (Lipinski definition) is 4. The van der Waals surface area contributed by atoms with Crippen LogP contribution in [0.2, 0.25) is 0 Å². The summed E-state index contributed by atoms with van der Waals surface area (Å²) in [7, 11) is 1.81. The fourth-order valence-electron chi connectivity index (χ4n) is 3.63. The second-order valence-corrected chi connectivity index (χ2v) is 8.38. The molecule has 0 radical (unpaired) electrons. The largest absolute Gasteiger partial charge is 0.379 e. The maximum absolute atomic E-state index is 6.07. The predicted molar refractivity (Wildman–Crippen MR) is 101 cm³/mol. The lowest BCUT2D eigenvalue weighted by Crippen LogP contribution is -2.49. The van der Waals surface area contributed by atoms with Crippen molar-refractivity contribution in [2.45, 2.75) is 65.2 Å². The molecule has 2 saturated heterocycles. The zero-order chi connectivity index (χ0) is 18.3. The van der Waals surface area contributed by atoms with Crippen LogP contribution in [0.15, 0.2) is 4.99 Å². The normalized spacial score (nSPS) is 29.5. The van der Waals surface area contributed by atoms with Crippen molar-refractivity contribution < 1.29 is 14.2 Å². The van der Waals surface area contributed by atoms with E-state index in [1.54, 1.807) is 0 Å². The molecular formula is C19H37N3O3. The lowest BCUT2D eigenvalue weighted by atomic mass is 9.78. The van der Waals surface area contributed by atoms with Gasteiger partial charge in [-0.1, -0.05) is 20.8 Å². The Morgan fingerprint density at radius 3 is 2.72 bits per heavy atom. The maximum Gasteiger partial charge on any atom is 0.191 e. The summed E-state index contributed by atoms with van der Waals surface area (Å²) in [5.41, 5.74) is 0.161. The summed E-state index contributed by atoms with van der Waals surface area (Å²) in [4.78, 5) is 4.35. The molecule has 0 aliphatic carbocycles. The average Bonchev–Trinajstić information content (AvgIpc) is 3.09. The molecule has 2 aliphatic heterocycles. The molecule has 6 nitrogen and oxygen atoms in total. The van der Waals surface area contributed by atoms with Crippen LogP contribution in [0.4, 0.5) is 0 Å². The highest BCUT2D eigenvalue weighted by atomic mass is 16.5. The molecule has 2 fully saturated rings. The summed E-state index contributed by atoms with van der Waals surface area (Å²) in [6.45, 7) is 12.8. The number of hydrogen-bond donors (Lipinski definition) is 2. The van der Waals surface area contributed by atoms with Gasteiger partial charge in [0.2, 0.25) is 0 Å². The van der Waals surface area contributed by atoms with Gasteiger partial charge in [0.05, 0.1) is 25.4 Å². The van der Waals surface area contributed by atoms with Crippen LogP contribution in [0.1, 0.15) is 47.0 Å². The van der Waals surface area contributed by atoms with Gasteiger partial charge in [-0.25, -0.2) is 0 Å². The first-order valence-corrected chi connectivity index (χ1v) is 9.68. The molecule has 0 saturated carbocycles. The van der Waals surface area contributed by atoms with Gasteiger partial charge >= 0.3 is 0 Å². The molecule has 2 heterocycles. The number of ether oxygens (including phenoxy) is 3. The smallest absolute Gasteiger partial charge is 0.191 e. The third-order valence-corrected chi connectivity index (χ3v) is 4.91. The van der Waals surface area contributed by atoms with E-state index in [-0.39, 0.29) is 23.7 Å². The molecule has 0 aromatic carbocycles. The van der Waals surface area contributed by atoms with Gasteiger partial charge in [-0.15, -0.1) is 0 Å². The van der Waals surface area contributed by atoms with Crippen LogP contribution in [0.25, 0.3) is 0 Å².